The van der Waals surface area contributed by atoms with E-state index in [1.165, 1.54) is 0 Å². The van der Waals surface area contributed by atoms with Gasteiger partial charge in [0.2, 0.25) is 0 Å². The van der Waals surface area contributed by atoms with Gasteiger partial charge >= 0.3 is 5.97 Å². The summed E-state index contributed by atoms with van der Waals surface area (Å²) in [6.45, 7) is 0.515. The second-order valence-electron chi connectivity index (χ2n) is 5.87. The highest BCUT2D eigenvalue weighted by molar-refractivity contribution is 5.88. The van der Waals surface area contributed by atoms with E-state index >= 15 is 0 Å². The van der Waals surface area contributed by atoms with E-state index in [9.17, 15) is 4.79 Å². The zero-order valence-corrected chi connectivity index (χ0v) is 15.5. The molecule has 144 valence electrons. The van der Waals surface area contributed by atoms with Gasteiger partial charge in [0.05, 0.1) is 32.5 Å². The third-order valence-electron chi connectivity index (χ3n) is 4.06. The van der Waals surface area contributed by atoms with E-state index in [1.807, 2.05) is 24.3 Å². The lowest BCUT2D eigenvalue weighted by Crippen LogP contribution is -2.05. The number of carboxylic acid groups (broad SMARTS) is 1. The standard InChI is InChI=1S/C21H20N2O5/c1-26-19-9-3-14(11-20(19)27-2)12-22-23-13-17-8-10-18(28-17)15-4-6-16(7-5-15)21(24)25/h3-11,13,22H,12H2,1-2H3,(H,24,25)/b23-13+. The summed E-state index contributed by atoms with van der Waals surface area (Å²) < 4.78 is 16.2. The Morgan fingerprint density at radius 3 is 2.50 bits per heavy atom. The first kappa shape index (κ1) is 19.0. The number of carboxylic acids is 1. The van der Waals surface area contributed by atoms with Crippen LogP contribution in [0.2, 0.25) is 0 Å². The van der Waals surface area contributed by atoms with E-state index in [-0.39, 0.29) is 5.56 Å². The van der Waals surface area contributed by atoms with Crippen LogP contribution in [0.3, 0.4) is 0 Å². The minimum atomic E-state index is -0.959. The normalized spacial score (nSPS) is 10.8. The summed E-state index contributed by atoms with van der Waals surface area (Å²) in [5, 5.41) is 13.1. The van der Waals surface area contributed by atoms with Crippen LogP contribution in [0.15, 0.2) is 64.1 Å². The van der Waals surface area contributed by atoms with Crippen LogP contribution in [-0.4, -0.2) is 31.5 Å². The highest BCUT2D eigenvalue weighted by atomic mass is 16.5. The van der Waals surface area contributed by atoms with Gasteiger partial charge in [-0.2, -0.15) is 5.10 Å². The first-order valence-corrected chi connectivity index (χ1v) is 8.51. The van der Waals surface area contributed by atoms with Gasteiger partial charge in [-0.15, -0.1) is 0 Å². The molecule has 3 rings (SSSR count). The molecule has 0 atom stereocenters. The molecule has 0 aliphatic heterocycles. The lowest BCUT2D eigenvalue weighted by atomic mass is 10.1. The van der Waals surface area contributed by atoms with Crippen LogP contribution in [0.25, 0.3) is 11.3 Å². The van der Waals surface area contributed by atoms with Crippen molar-refractivity contribution in [3.63, 3.8) is 0 Å². The lowest BCUT2D eigenvalue weighted by Gasteiger charge is -2.09. The number of methoxy groups -OCH3 is 2. The quantitative estimate of drug-likeness (QED) is 0.456. The van der Waals surface area contributed by atoms with Gasteiger partial charge in [0.25, 0.3) is 0 Å². The average Bonchev–Trinajstić information content (AvgIpc) is 3.20. The van der Waals surface area contributed by atoms with E-state index < -0.39 is 5.97 Å². The van der Waals surface area contributed by atoms with Crippen LogP contribution in [0, 0.1) is 0 Å². The number of hydrogen-bond donors (Lipinski definition) is 2. The minimum Gasteiger partial charge on any atom is -0.493 e. The van der Waals surface area contributed by atoms with Crippen molar-refractivity contribution >= 4 is 12.2 Å². The molecule has 0 unspecified atom stereocenters. The number of ether oxygens (including phenoxy) is 2. The van der Waals surface area contributed by atoms with Gasteiger partial charge in [-0.25, -0.2) is 4.79 Å². The second kappa shape index (κ2) is 8.77. The number of rotatable bonds is 8. The summed E-state index contributed by atoms with van der Waals surface area (Å²) in [7, 11) is 3.19. The van der Waals surface area contributed by atoms with Crippen LogP contribution in [-0.2, 0) is 6.54 Å². The number of carbonyl (C=O) groups is 1. The predicted molar refractivity (Wildman–Crippen MR) is 105 cm³/mol. The summed E-state index contributed by atoms with van der Waals surface area (Å²) in [4.78, 5) is 10.9. The zero-order chi connectivity index (χ0) is 19.9. The maximum Gasteiger partial charge on any atom is 0.335 e. The molecular weight excluding hydrogens is 360 g/mol. The third kappa shape index (κ3) is 4.50. The molecule has 1 aromatic heterocycles. The van der Waals surface area contributed by atoms with Crippen molar-refractivity contribution in [1.82, 2.24) is 5.43 Å². The number of hydrazone groups is 1. The SMILES string of the molecule is COc1ccc(CN/N=C/c2ccc(-c3ccc(C(=O)O)cc3)o2)cc1OC. The number of benzene rings is 2. The first-order chi connectivity index (χ1) is 13.6. The molecule has 0 spiro atoms. The molecule has 7 heteroatoms. The smallest absolute Gasteiger partial charge is 0.335 e. The van der Waals surface area contributed by atoms with E-state index in [1.54, 1.807) is 50.8 Å². The van der Waals surface area contributed by atoms with Gasteiger partial charge in [0.15, 0.2) is 11.5 Å². The Hall–Kier alpha value is -3.74. The van der Waals surface area contributed by atoms with Gasteiger partial charge in [-0.05, 0) is 42.0 Å². The van der Waals surface area contributed by atoms with E-state index in [2.05, 4.69) is 10.5 Å². The lowest BCUT2D eigenvalue weighted by molar-refractivity contribution is 0.0697. The fourth-order valence-electron chi connectivity index (χ4n) is 2.59. The molecule has 0 saturated heterocycles. The monoisotopic (exact) mass is 380 g/mol. The van der Waals surface area contributed by atoms with Gasteiger partial charge in [-0.1, -0.05) is 18.2 Å². The summed E-state index contributed by atoms with van der Waals surface area (Å²) in [5.41, 5.74) is 4.98. The topological polar surface area (TPSA) is 93.3 Å². The highest BCUT2D eigenvalue weighted by Crippen LogP contribution is 2.27. The van der Waals surface area contributed by atoms with Gasteiger partial charge in [-0.3, -0.25) is 0 Å². The Morgan fingerprint density at radius 2 is 1.82 bits per heavy atom. The Morgan fingerprint density at radius 1 is 1.07 bits per heavy atom. The van der Waals surface area contributed by atoms with Crippen molar-refractivity contribution in [3.8, 4) is 22.8 Å². The zero-order valence-electron chi connectivity index (χ0n) is 15.5. The van der Waals surface area contributed by atoms with Gasteiger partial charge < -0.3 is 24.4 Å². The minimum absolute atomic E-state index is 0.233. The second-order valence-corrected chi connectivity index (χ2v) is 5.87. The Labute approximate surface area is 162 Å². The number of hydrogen-bond acceptors (Lipinski definition) is 6. The molecule has 0 fully saturated rings. The molecule has 2 aromatic carbocycles. The largest absolute Gasteiger partial charge is 0.493 e. The van der Waals surface area contributed by atoms with Crippen molar-refractivity contribution in [2.45, 2.75) is 6.54 Å². The van der Waals surface area contributed by atoms with Crippen LogP contribution >= 0.6 is 0 Å². The molecular formula is C21H20N2O5. The van der Waals surface area contributed by atoms with E-state index in [4.69, 9.17) is 19.0 Å². The number of aromatic carboxylic acids is 1. The Bertz CT molecular complexity index is 977. The average molecular weight is 380 g/mol. The Kier molecular flexibility index (Phi) is 5.96. The molecule has 0 amide bonds. The number of furan rings is 1. The maximum atomic E-state index is 10.9. The third-order valence-corrected chi connectivity index (χ3v) is 4.06. The molecule has 0 saturated carbocycles. The fraction of sp³-hybridized carbons (Fsp3) is 0.143. The van der Waals surface area contributed by atoms with Crippen LogP contribution in [0.4, 0.5) is 0 Å². The van der Waals surface area contributed by atoms with Gasteiger partial charge in [0, 0.05) is 5.56 Å². The highest BCUT2D eigenvalue weighted by Gasteiger charge is 2.07. The van der Waals surface area contributed by atoms with Crippen molar-refractivity contribution in [3.05, 3.63) is 71.5 Å². The van der Waals surface area contributed by atoms with Crippen LogP contribution in [0.5, 0.6) is 11.5 Å². The van der Waals surface area contributed by atoms with Crippen LogP contribution < -0.4 is 14.9 Å². The molecule has 2 N–H and O–H groups in total. The van der Waals surface area contributed by atoms with E-state index in [0.717, 1.165) is 11.1 Å². The summed E-state index contributed by atoms with van der Waals surface area (Å²) in [6.07, 6.45) is 1.58. The van der Waals surface area contributed by atoms with Gasteiger partial charge in [0.1, 0.15) is 11.5 Å². The molecule has 0 bridgehead atoms. The molecule has 0 aliphatic rings. The molecule has 7 nitrogen and oxygen atoms in total. The summed E-state index contributed by atoms with van der Waals surface area (Å²) in [6, 6.07) is 15.7. The van der Waals surface area contributed by atoms with Crippen molar-refractivity contribution in [2.75, 3.05) is 14.2 Å². The molecule has 0 aliphatic carbocycles. The molecule has 28 heavy (non-hydrogen) atoms. The van der Waals surface area contributed by atoms with Crippen molar-refractivity contribution in [2.24, 2.45) is 5.10 Å². The predicted octanol–water partition coefficient (Wildman–Crippen LogP) is 3.79. The van der Waals surface area contributed by atoms with E-state index in [0.29, 0.717) is 29.6 Å². The number of nitrogens with one attached hydrogen (secondary N) is 1. The molecule has 3 aromatic rings. The Balaban J connectivity index is 1.59. The summed E-state index contributed by atoms with van der Waals surface area (Å²) in [5.74, 6) is 1.60. The van der Waals surface area contributed by atoms with Crippen molar-refractivity contribution in [1.29, 1.82) is 0 Å². The molecule has 0 radical (unpaired) electrons. The maximum absolute atomic E-state index is 10.9. The first-order valence-electron chi connectivity index (χ1n) is 8.51. The van der Waals surface area contributed by atoms with Crippen molar-refractivity contribution < 1.29 is 23.8 Å². The van der Waals surface area contributed by atoms with Crippen LogP contribution in [0.1, 0.15) is 21.7 Å². The summed E-state index contributed by atoms with van der Waals surface area (Å²) >= 11 is 0. The fourth-order valence-corrected chi connectivity index (χ4v) is 2.59. The number of nitrogens with zero attached hydrogens (tertiary/aromatic N) is 1. The molecule has 1 heterocycles.